The highest BCUT2D eigenvalue weighted by Crippen LogP contribution is 2.37. The van der Waals surface area contributed by atoms with E-state index in [-0.39, 0.29) is 18.6 Å². The van der Waals surface area contributed by atoms with E-state index in [1.54, 1.807) is 15.9 Å². The lowest BCUT2D eigenvalue weighted by Crippen LogP contribution is -2.41. The zero-order valence-electron chi connectivity index (χ0n) is 18.2. The van der Waals surface area contributed by atoms with E-state index >= 15 is 0 Å². The summed E-state index contributed by atoms with van der Waals surface area (Å²) in [5, 5.41) is 9.86. The van der Waals surface area contributed by atoms with Gasteiger partial charge in [-0.1, -0.05) is 37.5 Å². The van der Waals surface area contributed by atoms with Gasteiger partial charge in [0.2, 0.25) is 0 Å². The molecule has 1 aliphatic carbocycles. The number of ether oxygens (including phenoxy) is 1. The van der Waals surface area contributed by atoms with Crippen molar-refractivity contribution in [2.45, 2.75) is 44.8 Å². The van der Waals surface area contributed by atoms with Gasteiger partial charge in [0.15, 0.2) is 5.11 Å². The van der Waals surface area contributed by atoms with Gasteiger partial charge in [0.25, 0.3) is 5.91 Å². The van der Waals surface area contributed by atoms with Crippen molar-refractivity contribution in [3.05, 3.63) is 67.7 Å². The van der Waals surface area contributed by atoms with Crippen LogP contribution in [0.25, 0.3) is 6.08 Å². The number of nitrogens with zero attached hydrogens (tertiary/aromatic N) is 3. The molecule has 2 aliphatic rings. The molecule has 0 radical (unpaired) electrons. The van der Waals surface area contributed by atoms with Gasteiger partial charge < -0.3 is 9.64 Å². The number of amides is 1. The Morgan fingerprint density at radius 1 is 1.18 bits per heavy atom. The Balaban J connectivity index is 1.55. The van der Waals surface area contributed by atoms with Gasteiger partial charge >= 0.3 is 0 Å². The number of likely N-dealkylation sites (N-methyl/N-ethyl adjacent to an activating group) is 1. The van der Waals surface area contributed by atoms with E-state index in [1.807, 2.05) is 43.5 Å². The molecule has 0 aromatic heterocycles. The van der Waals surface area contributed by atoms with Gasteiger partial charge in [-0.05, 0) is 86.8 Å². The fraction of sp³-hybridized carbons (Fsp3) is 0.320. The number of nitriles is 1. The van der Waals surface area contributed by atoms with Gasteiger partial charge in [-0.2, -0.15) is 5.26 Å². The van der Waals surface area contributed by atoms with E-state index in [0.29, 0.717) is 22.1 Å². The second kappa shape index (κ2) is 10.4. The highest BCUT2D eigenvalue weighted by Gasteiger charge is 2.40. The molecule has 170 valence electrons. The number of halogens is 2. The van der Waals surface area contributed by atoms with Crippen molar-refractivity contribution in [2.24, 2.45) is 0 Å². The second-order valence-corrected chi connectivity index (χ2v) is 10.3. The van der Waals surface area contributed by atoms with Crippen LogP contribution in [0.4, 0.5) is 0 Å². The van der Waals surface area contributed by atoms with Gasteiger partial charge in [0, 0.05) is 18.7 Å². The standard InChI is InChI=1S/C25H23Br2N3O2S/c1-29-22(24(31)30(25(29)33)19-9-3-2-4-10-19)13-16-11-20(26)23(21(27)12-16)32-15-18-8-6-5-7-17(18)14-28/h5-8,11-13,19H,2-4,9-10,15H2,1H3/b22-13-. The number of rotatable bonds is 5. The van der Waals surface area contributed by atoms with Gasteiger partial charge in [-0.3, -0.25) is 9.69 Å². The number of thiocarbonyl (C=S) groups is 1. The van der Waals surface area contributed by atoms with Crippen LogP contribution in [0.3, 0.4) is 0 Å². The maximum atomic E-state index is 13.2. The van der Waals surface area contributed by atoms with Crippen molar-refractivity contribution in [1.29, 1.82) is 5.26 Å². The molecular weight excluding hydrogens is 566 g/mol. The maximum absolute atomic E-state index is 13.2. The summed E-state index contributed by atoms with van der Waals surface area (Å²) in [6, 6.07) is 13.6. The summed E-state index contributed by atoms with van der Waals surface area (Å²) >= 11 is 12.8. The number of carbonyl (C=O) groups excluding carboxylic acids is 1. The molecule has 1 saturated carbocycles. The lowest BCUT2D eigenvalue weighted by molar-refractivity contribution is -0.124. The zero-order chi connectivity index (χ0) is 23.5. The van der Waals surface area contributed by atoms with Crippen LogP contribution in [0.5, 0.6) is 5.75 Å². The molecule has 8 heteroatoms. The fourth-order valence-corrected chi connectivity index (χ4v) is 6.08. The van der Waals surface area contributed by atoms with Crippen molar-refractivity contribution in [3.63, 3.8) is 0 Å². The van der Waals surface area contributed by atoms with Crippen LogP contribution in [0, 0.1) is 11.3 Å². The molecule has 1 heterocycles. The summed E-state index contributed by atoms with van der Waals surface area (Å²) in [6.07, 6.45) is 7.38. The first kappa shape index (κ1) is 23.9. The summed E-state index contributed by atoms with van der Waals surface area (Å²) in [7, 11) is 1.85. The molecule has 0 unspecified atom stereocenters. The molecular formula is C25H23Br2N3O2S. The van der Waals surface area contributed by atoms with E-state index in [9.17, 15) is 10.1 Å². The molecule has 0 spiro atoms. The van der Waals surface area contributed by atoms with E-state index in [2.05, 4.69) is 37.9 Å². The lowest BCUT2D eigenvalue weighted by Gasteiger charge is -2.30. The predicted molar refractivity (Wildman–Crippen MR) is 139 cm³/mol. The Morgan fingerprint density at radius 2 is 1.85 bits per heavy atom. The predicted octanol–water partition coefficient (Wildman–Crippen LogP) is 6.39. The molecule has 4 rings (SSSR count). The quantitative estimate of drug-likeness (QED) is 0.299. The summed E-state index contributed by atoms with van der Waals surface area (Å²) in [4.78, 5) is 16.8. The van der Waals surface area contributed by atoms with Crippen LogP contribution in [0.1, 0.15) is 48.8 Å². The zero-order valence-corrected chi connectivity index (χ0v) is 22.2. The first-order valence-corrected chi connectivity index (χ1v) is 12.8. The molecule has 33 heavy (non-hydrogen) atoms. The average molecular weight is 589 g/mol. The van der Waals surface area contributed by atoms with E-state index in [1.165, 1.54) is 6.42 Å². The lowest BCUT2D eigenvalue weighted by atomic mass is 9.94. The third-order valence-corrected chi connectivity index (χ3v) is 7.71. The van der Waals surface area contributed by atoms with Crippen LogP contribution in [-0.4, -0.2) is 33.9 Å². The highest BCUT2D eigenvalue weighted by atomic mass is 79.9. The topological polar surface area (TPSA) is 56.6 Å². The Bertz CT molecular complexity index is 1150. The van der Waals surface area contributed by atoms with Crippen molar-refractivity contribution < 1.29 is 9.53 Å². The fourth-order valence-electron chi connectivity index (χ4n) is 4.30. The molecule has 2 aromatic rings. The average Bonchev–Trinajstić information content (AvgIpc) is 3.02. The Hall–Kier alpha value is -2.21. The Morgan fingerprint density at radius 3 is 2.52 bits per heavy atom. The molecule has 1 aliphatic heterocycles. The molecule has 0 bridgehead atoms. The number of benzene rings is 2. The summed E-state index contributed by atoms with van der Waals surface area (Å²) in [5.41, 5.74) is 2.83. The highest BCUT2D eigenvalue weighted by molar-refractivity contribution is 9.11. The van der Waals surface area contributed by atoms with Crippen LogP contribution in [-0.2, 0) is 11.4 Å². The third-order valence-electron chi connectivity index (χ3n) is 6.07. The van der Waals surface area contributed by atoms with E-state index < -0.39 is 0 Å². The second-order valence-electron chi connectivity index (χ2n) is 8.21. The normalized spacial score (nSPS) is 18.2. The van der Waals surface area contributed by atoms with Gasteiger partial charge in [0.05, 0.1) is 20.6 Å². The van der Waals surface area contributed by atoms with Crippen molar-refractivity contribution in [3.8, 4) is 11.8 Å². The smallest absolute Gasteiger partial charge is 0.277 e. The first-order chi connectivity index (χ1) is 15.9. The van der Waals surface area contributed by atoms with Gasteiger partial charge in [0.1, 0.15) is 18.1 Å². The molecule has 0 atom stereocenters. The van der Waals surface area contributed by atoms with Crippen molar-refractivity contribution in [2.75, 3.05) is 7.05 Å². The Kier molecular flexibility index (Phi) is 7.52. The number of carbonyl (C=O) groups is 1. The van der Waals surface area contributed by atoms with Crippen molar-refractivity contribution in [1.82, 2.24) is 9.80 Å². The minimum atomic E-state index is -0.0323. The van der Waals surface area contributed by atoms with Crippen LogP contribution in [0.15, 0.2) is 51.0 Å². The van der Waals surface area contributed by atoms with Gasteiger partial charge in [-0.15, -0.1) is 0 Å². The maximum Gasteiger partial charge on any atom is 0.277 e. The van der Waals surface area contributed by atoms with Crippen LogP contribution >= 0.6 is 44.1 Å². The van der Waals surface area contributed by atoms with Gasteiger partial charge in [-0.25, -0.2) is 0 Å². The summed E-state index contributed by atoms with van der Waals surface area (Å²) in [6.45, 7) is 0.271. The monoisotopic (exact) mass is 587 g/mol. The molecule has 1 saturated heterocycles. The molecule has 5 nitrogen and oxygen atoms in total. The minimum absolute atomic E-state index is 0.0323. The summed E-state index contributed by atoms with van der Waals surface area (Å²) in [5.74, 6) is 0.602. The van der Waals surface area contributed by atoms with E-state index in [4.69, 9.17) is 17.0 Å². The molecule has 2 fully saturated rings. The number of hydrogen-bond donors (Lipinski definition) is 0. The van der Waals surface area contributed by atoms with Crippen LogP contribution in [0.2, 0.25) is 0 Å². The molecule has 0 N–H and O–H groups in total. The van der Waals surface area contributed by atoms with E-state index in [0.717, 1.165) is 45.8 Å². The number of hydrogen-bond acceptors (Lipinski definition) is 4. The molecule has 2 aromatic carbocycles. The molecule has 1 amide bonds. The first-order valence-electron chi connectivity index (χ1n) is 10.8. The summed E-state index contributed by atoms with van der Waals surface area (Å²) < 4.78 is 7.50. The third kappa shape index (κ3) is 5.01. The largest absolute Gasteiger partial charge is 0.486 e. The SMILES string of the molecule is CN1C(=S)N(C2CCCCC2)C(=O)/C1=C/c1cc(Br)c(OCc2ccccc2C#N)c(Br)c1. The van der Waals surface area contributed by atoms with Crippen LogP contribution < -0.4 is 4.74 Å². The Labute approximate surface area is 216 Å². The minimum Gasteiger partial charge on any atom is -0.486 e. The van der Waals surface area contributed by atoms with Crippen molar-refractivity contribution >= 4 is 61.2 Å².